The van der Waals surface area contributed by atoms with Crippen LogP contribution in [-0.4, -0.2) is 29.9 Å². The van der Waals surface area contributed by atoms with Crippen LogP contribution >= 0.6 is 0 Å². The van der Waals surface area contributed by atoms with Gasteiger partial charge in [0.15, 0.2) is 0 Å². The lowest BCUT2D eigenvalue weighted by molar-refractivity contribution is -0.125. The lowest BCUT2D eigenvalue weighted by atomic mass is 9.94. The van der Waals surface area contributed by atoms with Crippen molar-refractivity contribution in [2.45, 2.75) is 19.3 Å². The fraction of sp³-hybridized carbons (Fsp3) is 0.400. The van der Waals surface area contributed by atoms with Gasteiger partial charge in [-0.2, -0.15) is 0 Å². The number of carbonyl (C=O) groups excluding carboxylic acids is 2. The van der Waals surface area contributed by atoms with Gasteiger partial charge in [0.1, 0.15) is 0 Å². The molecule has 1 aromatic rings. The average Bonchev–Trinajstić information content (AvgIpc) is 2.53. The summed E-state index contributed by atoms with van der Waals surface area (Å²) in [5.41, 5.74) is 0.524. The molecule has 0 aliphatic heterocycles. The van der Waals surface area contributed by atoms with E-state index in [2.05, 4.69) is 27.8 Å². The van der Waals surface area contributed by atoms with Gasteiger partial charge in [0.2, 0.25) is 5.91 Å². The molecule has 2 rings (SSSR count). The Hall–Kier alpha value is -2.17. The summed E-state index contributed by atoms with van der Waals surface area (Å²) < 4.78 is 0. The van der Waals surface area contributed by atoms with Gasteiger partial charge in [-0.15, -0.1) is 0 Å². The van der Waals surface area contributed by atoms with Crippen molar-refractivity contribution >= 4 is 11.8 Å². The highest BCUT2D eigenvalue weighted by atomic mass is 16.2. The Balaban J connectivity index is 1.65. The predicted octanol–water partition coefficient (Wildman–Crippen LogP) is 1.28. The third kappa shape index (κ3) is 4.19. The van der Waals surface area contributed by atoms with E-state index in [9.17, 15) is 9.59 Å². The van der Waals surface area contributed by atoms with E-state index >= 15 is 0 Å². The highest BCUT2D eigenvalue weighted by molar-refractivity contribution is 5.93. The second kappa shape index (κ2) is 7.43. The minimum atomic E-state index is -0.173. The zero-order valence-electron chi connectivity index (χ0n) is 11.3. The van der Waals surface area contributed by atoms with Crippen molar-refractivity contribution in [3.63, 3.8) is 0 Å². The lowest BCUT2D eigenvalue weighted by Crippen LogP contribution is -2.37. The molecule has 1 aliphatic rings. The van der Waals surface area contributed by atoms with E-state index in [0.29, 0.717) is 18.7 Å². The maximum absolute atomic E-state index is 11.8. The van der Waals surface area contributed by atoms with Crippen LogP contribution in [0, 0.1) is 5.92 Å². The molecule has 106 valence electrons. The van der Waals surface area contributed by atoms with Crippen LogP contribution in [0.25, 0.3) is 0 Å². The standard InChI is InChI=1S/C15H19N3O2/c19-14(12-5-2-1-3-6-12)17-9-10-18-15(20)13-7-4-8-16-11-13/h1-2,4,7-8,11-12H,3,5-6,9-10H2,(H,17,19)(H,18,20). The molecule has 0 saturated heterocycles. The van der Waals surface area contributed by atoms with Gasteiger partial charge in [-0.05, 0) is 31.4 Å². The minimum Gasteiger partial charge on any atom is -0.354 e. The highest BCUT2D eigenvalue weighted by Crippen LogP contribution is 2.17. The third-order valence-corrected chi connectivity index (χ3v) is 3.27. The second-order valence-corrected chi connectivity index (χ2v) is 4.77. The molecule has 0 bridgehead atoms. The van der Waals surface area contributed by atoms with Crippen molar-refractivity contribution in [3.8, 4) is 0 Å². The first-order valence-electron chi connectivity index (χ1n) is 6.88. The first-order valence-corrected chi connectivity index (χ1v) is 6.88. The minimum absolute atomic E-state index is 0.0741. The zero-order chi connectivity index (χ0) is 14.2. The van der Waals surface area contributed by atoms with Crippen LogP contribution in [0.5, 0.6) is 0 Å². The molecule has 5 nitrogen and oxygen atoms in total. The predicted molar refractivity (Wildman–Crippen MR) is 76.1 cm³/mol. The Bertz CT molecular complexity index is 485. The quantitative estimate of drug-likeness (QED) is 0.627. The van der Waals surface area contributed by atoms with Gasteiger partial charge in [-0.1, -0.05) is 12.2 Å². The molecule has 0 spiro atoms. The van der Waals surface area contributed by atoms with Crippen LogP contribution in [0.3, 0.4) is 0 Å². The Morgan fingerprint density at radius 1 is 1.25 bits per heavy atom. The molecule has 20 heavy (non-hydrogen) atoms. The Morgan fingerprint density at radius 3 is 2.80 bits per heavy atom. The number of allylic oxidation sites excluding steroid dienone is 2. The van der Waals surface area contributed by atoms with Crippen LogP contribution in [-0.2, 0) is 4.79 Å². The number of pyridine rings is 1. The van der Waals surface area contributed by atoms with Crippen LogP contribution < -0.4 is 10.6 Å². The SMILES string of the molecule is O=C(NCCNC(=O)C1CC=CCC1)c1cccnc1. The number of nitrogens with one attached hydrogen (secondary N) is 2. The van der Waals surface area contributed by atoms with Crippen LogP contribution in [0.4, 0.5) is 0 Å². The highest BCUT2D eigenvalue weighted by Gasteiger charge is 2.17. The molecule has 0 saturated carbocycles. The topological polar surface area (TPSA) is 71.1 Å². The summed E-state index contributed by atoms with van der Waals surface area (Å²) in [5, 5.41) is 5.61. The van der Waals surface area contributed by atoms with Crippen molar-refractivity contribution < 1.29 is 9.59 Å². The average molecular weight is 273 g/mol. The number of hydrogen-bond acceptors (Lipinski definition) is 3. The van der Waals surface area contributed by atoms with E-state index in [1.165, 1.54) is 6.20 Å². The van der Waals surface area contributed by atoms with Gasteiger partial charge in [0, 0.05) is 31.4 Å². The number of aromatic nitrogens is 1. The van der Waals surface area contributed by atoms with E-state index in [-0.39, 0.29) is 17.7 Å². The molecular formula is C15H19N3O2. The summed E-state index contributed by atoms with van der Waals surface area (Å²) in [4.78, 5) is 27.4. The van der Waals surface area contributed by atoms with E-state index in [1.54, 1.807) is 18.3 Å². The first kappa shape index (κ1) is 14.2. The molecule has 1 heterocycles. The number of rotatable bonds is 5. The molecular weight excluding hydrogens is 254 g/mol. The summed E-state index contributed by atoms with van der Waals surface area (Å²) in [7, 11) is 0. The molecule has 0 radical (unpaired) electrons. The van der Waals surface area contributed by atoms with Gasteiger partial charge >= 0.3 is 0 Å². The smallest absolute Gasteiger partial charge is 0.252 e. The summed E-state index contributed by atoms with van der Waals surface area (Å²) in [6.45, 7) is 0.868. The van der Waals surface area contributed by atoms with Crippen molar-refractivity contribution in [2.75, 3.05) is 13.1 Å². The fourth-order valence-corrected chi connectivity index (χ4v) is 2.14. The van der Waals surface area contributed by atoms with E-state index < -0.39 is 0 Å². The van der Waals surface area contributed by atoms with Crippen molar-refractivity contribution in [1.82, 2.24) is 15.6 Å². The van der Waals surface area contributed by atoms with Gasteiger partial charge in [0.25, 0.3) is 5.91 Å². The number of nitrogens with zero attached hydrogens (tertiary/aromatic N) is 1. The molecule has 0 aromatic carbocycles. The molecule has 5 heteroatoms. The third-order valence-electron chi connectivity index (χ3n) is 3.27. The molecule has 1 atom stereocenters. The van der Waals surface area contributed by atoms with E-state index in [1.807, 2.05) is 0 Å². The van der Waals surface area contributed by atoms with Crippen molar-refractivity contribution in [3.05, 3.63) is 42.2 Å². The lowest BCUT2D eigenvalue weighted by Gasteiger charge is -2.17. The van der Waals surface area contributed by atoms with Gasteiger partial charge < -0.3 is 10.6 Å². The molecule has 0 fully saturated rings. The molecule has 2 N–H and O–H groups in total. The van der Waals surface area contributed by atoms with Crippen molar-refractivity contribution in [1.29, 1.82) is 0 Å². The zero-order valence-corrected chi connectivity index (χ0v) is 11.3. The largest absolute Gasteiger partial charge is 0.354 e. The summed E-state index contributed by atoms with van der Waals surface area (Å²) in [6.07, 6.45) is 9.99. The van der Waals surface area contributed by atoms with Crippen LogP contribution in [0.2, 0.25) is 0 Å². The van der Waals surface area contributed by atoms with Crippen LogP contribution in [0.15, 0.2) is 36.7 Å². The number of carbonyl (C=O) groups is 2. The molecule has 2 amide bonds. The molecule has 1 aromatic heterocycles. The van der Waals surface area contributed by atoms with E-state index in [4.69, 9.17) is 0 Å². The Labute approximate surface area is 118 Å². The first-order chi connectivity index (χ1) is 9.77. The summed E-state index contributed by atoms with van der Waals surface area (Å²) in [5.74, 6) is -0.0213. The van der Waals surface area contributed by atoms with Gasteiger partial charge in [-0.25, -0.2) is 0 Å². The monoisotopic (exact) mass is 273 g/mol. The number of hydrogen-bond donors (Lipinski definition) is 2. The number of amides is 2. The maximum Gasteiger partial charge on any atom is 0.252 e. The fourth-order valence-electron chi connectivity index (χ4n) is 2.14. The summed E-state index contributed by atoms with van der Waals surface area (Å²) >= 11 is 0. The summed E-state index contributed by atoms with van der Waals surface area (Å²) in [6, 6.07) is 3.42. The maximum atomic E-state index is 11.8. The van der Waals surface area contributed by atoms with Gasteiger partial charge in [0.05, 0.1) is 5.56 Å². The Morgan fingerprint density at radius 2 is 2.10 bits per heavy atom. The second-order valence-electron chi connectivity index (χ2n) is 4.77. The molecule has 1 unspecified atom stereocenters. The van der Waals surface area contributed by atoms with Gasteiger partial charge in [-0.3, -0.25) is 14.6 Å². The van der Waals surface area contributed by atoms with Crippen LogP contribution in [0.1, 0.15) is 29.6 Å². The van der Waals surface area contributed by atoms with E-state index in [0.717, 1.165) is 19.3 Å². The normalized spacial score (nSPS) is 17.5. The van der Waals surface area contributed by atoms with Crippen molar-refractivity contribution in [2.24, 2.45) is 5.92 Å². The Kier molecular flexibility index (Phi) is 5.29. The molecule has 1 aliphatic carbocycles.